The number of nitrogens with one attached hydrogen (secondary N) is 1. The van der Waals surface area contributed by atoms with Crippen molar-refractivity contribution in [1.82, 2.24) is 9.73 Å². The number of nitrogens with zero attached hydrogens (tertiary/aromatic N) is 2. The Morgan fingerprint density at radius 2 is 1.78 bits per heavy atom. The van der Waals surface area contributed by atoms with E-state index in [-0.39, 0.29) is 17.2 Å². The molecule has 0 saturated heterocycles. The molecular weight excluding hydrogens is 366 g/mol. The minimum Gasteiger partial charge on any atom is -0.507 e. The zero-order valence-corrected chi connectivity index (χ0v) is 16.5. The van der Waals surface area contributed by atoms with E-state index in [1.165, 1.54) is 19.3 Å². The smallest absolute Gasteiger partial charge is 0.255 e. The second-order valence-corrected chi connectivity index (χ2v) is 8.32. The number of amides is 1. The lowest BCUT2D eigenvalue weighted by Gasteiger charge is -2.19. The van der Waals surface area contributed by atoms with Crippen molar-refractivity contribution in [1.29, 1.82) is 0 Å². The van der Waals surface area contributed by atoms with Gasteiger partial charge in [0.1, 0.15) is 5.75 Å². The van der Waals surface area contributed by atoms with Crippen LogP contribution in [0.25, 0.3) is 0 Å². The number of phenolic OH excluding ortho intramolecular Hbond substituents is 1. The molecule has 0 aromatic heterocycles. The first-order valence-electron chi connectivity index (χ1n) is 8.27. The van der Waals surface area contributed by atoms with Crippen molar-refractivity contribution in [3.05, 3.63) is 58.7 Å². The highest BCUT2D eigenvalue weighted by Crippen LogP contribution is 2.24. The highest BCUT2D eigenvalue weighted by atomic mass is 32.2. The molecule has 0 heterocycles. The fourth-order valence-corrected chi connectivity index (χ4v) is 4.35. The minimum atomic E-state index is -3.82. The number of benzene rings is 2. The quantitative estimate of drug-likeness (QED) is 0.584. The van der Waals surface area contributed by atoms with Crippen molar-refractivity contribution in [2.75, 3.05) is 13.6 Å². The summed E-state index contributed by atoms with van der Waals surface area (Å²) >= 11 is 0. The SMILES string of the molecule is Cc1cc(C)c(S(=O)(=O)N(C)CC(=O)N/N=C\c2ccccc2O)c(C)c1. The number of rotatable bonds is 6. The first kappa shape index (κ1) is 20.6. The summed E-state index contributed by atoms with van der Waals surface area (Å²) in [6.45, 7) is 4.98. The molecule has 1 amide bonds. The van der Waals surface area contributed by atoms with E-state index in [0.29, 0.717) is 16.7 Å². The van der Waals surface area contributed by atoms with Crippen molar-refractivity contribution >= 4 is 22.1 Å². The van der Waals surface area contributed by atoms with E-state index in [1.807, 2.05) is 6.92 Å². The number of aromatic hydroxyl groups is 1. The van der Waals surface area contributed by atoms with Crippen LogP contribution in [0.3, 0.4) is 0 Å². The summed E-state index contributed by atoms with van der Waals surface area (Å²) in [5, 5.41) is 13.4. The fourth-order valence-electron chi connectivity index (χ4n) is 2.82. The van der Waals surface area contributed by atoms with Gasteiger partial charge in [-0.15, -0.1) is 0 Å². The van der Waals surface area contributed by atoms with E-state index < -0.39 is 15.9 Å². The molecule has 0 saturated carbocycles. The maximum atomic E-state index is 12.8. The van der Waals surface area contributed by atoms with Crippen LogP contribution in [0.5, 0.6) is 5.75 Å². The van der Waals surface area contributed by atoms with E-state index in [4.69, 9.17) is 0 Å². The third-order valence-electron chi connectivity index (χ3n) is 3.97. The number of hydrazone groups is 1. The van der Waals surface area contributed by atoms with Gasteiger partial charge < -0.3 is 5.11 Å². The van der Waals surface area contributed by atoms with Crippen LogP contribution in [-0.4, -0.2) is 43.5 Å². The Morgan fingerprint density at radius 1 is 1.19 bits per heavy atom. The van der Waals surface area contributed by atoms with Crippen molar-refractivity contribution < 1.29 is 18.3 Å². The van der Waals surface area contributed by atoms with Crippen molar-refractivity contribution in [3.8, 4) is 5.75 Å². The normalized spacial score (nSPS) is 11.9. The van der Waals surface area contributed by atoms with Crippen LogP contribution in [0.15, 0.2) is 46.4 Å². The largest absolute Gasteiger partial charge is 0.507 e. The molecule has 0 atom stereocenters. The van der Waals surface area contributed by atoms with Crippen LogP contribution in [-0.2, 0) is 14.8 Å². The number of carbonyl (C=O) groups excluding carboxylic acids is 1. The fraction of sp³-hybridized carbons (Fsp3) is 0.263. The number of hydrogen-bond acceptors (Lipinski definition) is 5. The summed E-state index contributed by atoms with van der Waals surface area (Å²) in [6.07, 6.45) is 1.29. The van der Waals surface area contributed by atoms with Crippen LogP contribution < -0.4 is 5.43 Å². The van der Waals surface area contributed by atoms with E-state index in [0.717, 1.165) is 9.87 Å². The van der Waals surface area contributed by atoms with E-state index in [2.05, 4.69) is 10.5 Å². The number of aryl methyl sites for hydroxylation is 3. The molecule has 144 valence electrons. The highest BCUT2D eigenvalue weighted by Gasteiger charge is 2.26. The average Bonchev–Trinajstić information content (AvgIpc) is 2.55. The lowest BCUT2D eigenvalue weighted by Crippen LogP contribution is -2.37. The number of para-hydroxylation sites is 1. The first-order valence-corrected chi connectivity index (χ1v) is 9.71. The van der Waals surface area contributed by atoms with Gasteiger partial charge >= 0.3 is 0 Å². The summed E-state index contributed by atoms with van der Waals surface area (Å²) in [5.74, 6) is -0.560. The molecule has 2 aromatic carbocycles. The number of likely N-dealkylation sites (N-methyl/N-ethyl adjacent to an activating group) is 1. The topological polar surface area (TPSA) is 99.1 Å². The van der Waals surface area contributed by atoms with Gasteiger partial charge in [-0.2, -0.15) is 9.41 Å². The Balaban J connectivity index is 2.09. The zero-order valence-electron chi connectivity index (χ0n) is 15.7. The molecule has 8 heteroatoms. The lowest BCUT2D eigenvalue weighted by molar-refractivity contribution is -0.121. The van der Waals surface area contributed by atoms with Crippen molar-refractivity contribution in [2.24, 2.45) is 5.10 Å². The molecular formula is C19H23N3O4S. The van der Waals surface area contributed by atoms with Gasteiger partial charge in [-0.25, -0.2) is 13.8 Å². The first-order chi connectivity index (χ1) is 12.6. The van der Waals surface area contributed by atoms with Gasteiger partial charge in [0.25, 0.3) is 5.91 Å². The zero-order chi connectivity index (χ0) is 20.2. The van der Waals surface area contributed by atoms with Crippen molar-refractivity contribution in [2.45, 2.75) is 25.7 Å². The molecule has 0 aliphatic rings. The molecule has 2 aromatic rings. The van der Waals surface area contributed by atoms with Gasteiger partial charge in [0, 0.05) is 12.6 Å². The molecule has 0 aliphatic heterocycles. The maximum Gasteiger partial charge on any atom is 0.255 e. The number of sulfonamides is 1. The molecule has 0 fully saturated rings. The summed E-state index contributed by atoms with van der Waals surface area (Å²) in [5.41, 5.74) is 4.95. The lowest BCUT2D eigenvalue weighted by atomic mass is 10.1. The summed E-state index contributed by atoms with van der Waals surface area (Å²) in [7, 11) is -2.47. The molecule has 27 heavy (non-hydrogen) atoms. The van der Waals surface area contributed by atoms with Gasteiger partial charge in [-0.3, -0.25) is 4.79 Å². The monoisotopic (exact) mass is 389 g/mol. The third-order valence-corrected chi connectivity index (χ3v) is 6.08. The standard InChI is InChI=1S/C19H23N3O4S/c1-13-9-14(2)19(15(3)10-13)27(25,26)22(4)12-18(24)21-20-11-16-7-5-6-8-17(16)23/h5-11,23H,12H2,1-4H3,(H,21,24)/b20-11-. The van der Waals surface area contributed by atoms with Crippen LogP contribution in [0.4, 0.5) is 0 Å². The molecule has 0 spiro atoms. The number of carbonyl (C=O) groups is 1. The molecule has 7 nitrogen and oxygen atoms in total. The van der Waals surface area contributed by atoms with Gasteiger partial charge in [0.2, 0.25) is 10.0 Å². The van der Waals surface area contributed by atoms with Gasteiger partial charge in [-0.05, 0) is 44.0 Å². The molecule has 2 rings (SSSR count). The Labute approximate surface area is 159 Å². The minimum absolute atomic E-state index is 0.0283. The van der Waals surface area contributed by atoms with Crippen LogP contribution >= 0.6 is 0 Å². The summed E-state index contributed by atoms with van der Waals surface area (Å²) in [6, 6.07) is 10.1. The van der Waals surface area contributed by atoms with Gasteiger partial charge in [-0.1, -0.05) is 29.8 Å². The van der Waals surface area contributed by atoms with E-state index in [1.54, 1.807) is 44.2 Å². The molecule has 0 unspecified atom stereocenters. The van der Waals surface area contributed by atoms with Crippen molar-refractivity contribution in [3.63, 3.8) is 0 Å². The second-order valence-electron chi connectivity index (χ2n) is 6.34. The Morgan fingerprint density at radius 3 is 2.37 bits per heavy atom. The number of hydrogen-bond donors (Lipinski definition) is 2. The predicted octanol–water partition coefficient (Wildman–Crippen LogP) is 2.09. The summed E-state index contributed by atoms with van der Waals surface area (Å²) < 4.78 is 26.7. The van der Waals surface area contributed by atoms with Crippen LogP contribution in [0.1, 0.15) is 22.3 Å². The maximum absolute atomic E-state index is 12.8. The van der Waals surface area contributed by atoms with Crippen LogP contribution in [0.2, 0.25) is 0 Å². The molecule has 0 bridgehead atoms. The van der Waals surface area contributed by atoms with Crippen LogP contribution in [0, 0.1) is 20.8 Å². The number of phenols is 1. The Hall–Kier alpha value is -2.71. The third kappa shape index (κ3) is 4.93. The molecule has 0 radical (unpaired) electrons. The second kappa shape index (κ2) is 8.32. The predicted molar refractivity (Wildman–Crippen MR) is 104 cm³/mol. The Bertz CT molecular complexity index is 961. The highest BCUT2D eigenvalue weighted by molar-refractivity contribution is 7.89. The average molecular weight is 389 g/mol. The van der Waals surface area contributed by atoms with E-state index in [9.17, 15) is 18.3 Å². The van der Waals surface area contributed by atoms with Gasteiger partial charge in [0.05, 0.1) is 17.7 Å². The molecule has 2 N–H and O–H groups in total. The molecule has 0 aliphatic carbocycles. The van der Waals surface area contributed by atoms with E-state index >= 15 is 0 Å². The summed E-state index contributed by atoms with van der Waals surface area (Å²) in [4.78, 5) is 12.2. The van der Waals surface area contributed by atoms with Gasteiger partial charge in [0.15, 0.2) is 0 Å². The Kier molecular flexibility index (Phi) is 6.35.